The molecule has 0 fully saturated rings. The van der Waals surface area contributed by atoms with Gasteiger partial charge in [-0.2, -0.15) is 0 Å². The zero-order chi connectivity index (χ0) is 13.8. The Labute approximate surface area is 112 Å². The Morgan fingerprint density at radius 3 is 2.61 bits per heavy atom. The fourth-order valence-corrected chi connectivity index (χ4v) is 2.19. The van der Waals surface area contributed by atoms with Crippen LogP contribution in [0.15, 0.2) is 17.7 Å². The molecule has 0 saturated heterocycles. The number of nitro groups is 1. The molecule has 18 heavy (non-hydrogen) atoms. The van der Waals surface area contributed by atoms with Crippen LogP contribution in [0.5, 0.6) is 0 Å². The maximum atomic E-state index is 10.6. The van der Waals surface area contributed by atoms with E-state index in [1.807, 2.05) is 6.08 Å². The lowest BCUT2D eigenvalue weighted by atomic mass is 10.1. The molecule has 0 aliphatic rings. The van der Waals surface area contributed by atoms with Crippen molar-refractivity contribution < 1.29 is 4.92 Å². The molecule has 0 amide bonds. The first-order chi connectivity index (χ1) is 8.31. The van der Waals surface area contributed by atoms with E-state index in [-0.39, 0.29) is 15.5 Å². The molecule has 0 atom stereocenters. The van der Waals surface area contributed by atoms with Crippen molar-refractivity contribution in [2.75, 3.05) is 6.54 Å². The van der Waals surface area contributed by atoms with Crippen molar-refractivity contribution in [1.82, 2.24) is 5.32 Å². The summed E-state index contributed by atoms with van der Waals surface area (Å²) < 4.78 is 0. The quantitative estimate of drug-likeness (QED) is 0.652. The second-order valence-electron chi connectivity index (χ2n) is 5.19. The predicted molar refractivity (Wildman–Crippen MR) is 77.0 cm³/mol. The Balaban J connectivity index is 2.74. The second kappa shape index (κ2) is 6.11. The molecule has 1 N–H and O–H groups in total. The maximum Gasteiger partial charge on any atom is 0.324 e. The van der Waals surface area contributed by atoms with Crippen LogP contribution in [0.1, 0.15) is 39.0 Å². The summed E-state index contributed by atoms with van der Waals surface area (Å²) in [7, 11) is 0. The van der Waals surface area contributed by atoms with Crippen LogP contribution < -0.4 is 5.32 Å². The summed E-state index contributed by atoms with van der Waals surface area (Å²) in [5.74, 6) is 0. The number of nitrogens with one attached hydrogen (secondary N) is 1. The predicted octanol–water partition coefficient (Wildman–Crippen LogP) is 3.84. The lowest BCUT2D eigenvalue weighted by molar-refractivity contribution is -0.380. The van der Waals surface area contributed by atoms with Gasteiger partial charge in [0.1, 0.15) is 0 Å². The van der Waals surface area contributed by atoms with Gasteiger partial charge in [-0.25, -0.2) is 0 Å². The van der Waals surface area contributed by atoms with Crippen molar-refractivity contribution in [2.45, 2.75) is 39.7 Å². The highest BCUT2D eigenvalue weighted by Crippen LogP contribution is 2.26. The van der Waals surface area contributed by atoms with Crippen molar-refractivity contribution in [3.63, 3.8) is 0 Å². The summed E-state index contributed by atoms with van der Waals surface area (Å²) in [5, 5.41) is 14.2. The highest BCUT2D eigenvalue weighted by Gasteiger charge is 2.11. The van der Waals surface area contributed by atoms with Crippen LogP contribution in [-0.2, 0) is 0 Å². The first-order valence-electron chi connectivity index (χ1n) is 6.00. The van der Waals surface area contributed by atoms with Gasteiger partial charge in [-0.1, -0.05) is 23.8 Å². The smallest absolute Gasteiger partial charge is 0.308 e. The minimum absolute atomic E-state index is 0.0791. The van der Waals surface area contributed by atoms with Crippen molar-refractivity contribution in [3.8, 4) is 0 Å². The fourth-order valence-electron chi connectivity index (χ4n) is 1.38. The molecule has 1 heterocycles. The van der Waals surface area contributed by atoms with Gasteiger partial charge in [0.25, 0.3) is 0 Å². The molecule has 1 aromatic rings. The van der Waals surface area contributed by atoms with E-state index in [0.717, 1.165) is 17.8 Å². The third kappa shape index (κ3) is 4.98. The monoisotopic (exact) mass is 268 g/mol. The van der Waals surface area contributed by atoms with Crippen molar-refractivity contribution in [1.29, 1.82) is 0 Å². The Kier molecular flexibility index (Phi) is 5.04. The number of thiophene rings is 1. The van der Waals surface area contributed by atoms with Crippen LogP contribution in [0.2, 0.25) is 0 Å². The molecule has 0 saturated carbocycles. The minimum Gasteiger partial charge on any atom is -0.308 e. The highest BCUT2D eigenvalue weighted by atomic mass is 32.1. The van der Waals surface area contributed by atoms with Gasteiger partial charge in [-0.3, -0.25) is 10.1 Å². The van der Waals surface area contributed by atoms with E-state index in [2.05, 4.69) is 33.0 Å². The van der Waals surface area contributed by atoms with Crippen LogP contribution in [-0.4, -0.2) is 17.0 Å². The van der Waals surface area contributed by atoms with Crippen LogP contribution in [0.4, 0.5) is 5.00 Å². The largest absolute Gasteiger partial charge is 0.324 e. The normalized spacial score (nSPS) is 12.8. The summed E-state index contributed by atoms with van der Waals surface area (Å²) in [6.07, 6.45) is 2.98. The number of nitrogens with zero attached hydrogens (tertiary/aromatic N) is 1. The highest BCUT2D eigenvalue weighted by molar-refractivity contribution is 7.16. The van der Waals surface area contributed by atoms with Gasteiger partial charge in [0, 0.05) is 23.0 Å². The van der Waals surface area contributed by atoms with Crippen LogP contribution in [0.3, 0.4) is 0 Å². The van der Waals surface area contributed by atoms with E-state index >= 15 is 0 Å². The summed E-state index contributed by atoms with van der Waals surface area (Å²) in [4.78, 5) is 11.2. The van der Waals surface area contributed by atoms with E-state index in [1.165, 1.54) is 16.9 Å². The Morgan fingerprint density at radius 1 is 1.50 bits per heavy atom. The first kappa shape index (κ1) is 14.9. The van der Waals surface area contributed by atoms with Crippen LogP contribution in [0.25, 0.3) is 6.08 Å². The van der Waals surface area contributed by atoms with Gasteiger partial charge in [0.2, 0.25) is 0 Å². The molecule has 0 aliphatic carbocycles. The average molecular weight is 268 g/mol. The summed E-state index contributed by atoms with van der Waals surface area (Å²) in [6.45, 7) is 9.27. The van der Waals surface area contributed by atoms with Crippen LogP contribution >= 0.6 is 11.3 Å². The van der Waals surface area contributed by atoms with Gasteiger partial charge in [-0.05, 0) is 39.3 Å². The molecule has 0 aromatic carbocycles. The summed E-state index contributed by atoms with van der Waals surface area (Å²) in [6, 6.07) is 3.36. The molecule has 0 spiro atoms. The Hall–Kier alpha value is -1.20. The SMILES string of the molecule is CC/C(=C/c1ccc([N+](=O)[O-])s1)CNC(C)(C)C. The minimum atomic E-state index is -0.346. The lowest BCUT2D eigenvalue weighted by Crippen LogP contribution is -2.36. The van der Waals surface area contributed by atoms with E-state index in [4.69, 9.17) is 0 Å². The van der Waals surface area contributed by atoms with E-state index in [9.17, 15) is 10.1 Å². The summed E-state index contributed by atoms with van der Waals surface area (Å²) in [5.41, 5.74) is 1.33. The van der Waals surface area contributed by atoms with E-state index in [0.29, 0.717) is 0 Å². The molecule has 0 aliphatic heterocycles. The van der Waals surface area contributed by atoms with Crippen LogP contribution in [0, 0.1) is 10.1 Å². The molecule has 5 heteroatoms. The zero-order valence-corrected chi connectivity index (χ0v) is 12.1. The molecule has 100 valence electrons. The standard InChI is InChI=1S/C13H20N2O2S/c1-5-10(9-14-13(2,3)4)8-11-6-7-12(18-11)15(16)17/h6-8,14H,5,9H2,1-4H3/b10-8-. The molecule has 4 nitrogen and oxygen atoms in total. The molecule has 1 rings (SSSR count). The third-order valence-corrected chi connectivity index (χ3v) is 3.42. The molecule has 0 bridgehead atoms. The van der Waals surface area contributed by atoms with Gasteiger partial charge in [0.05, 0.1) is 4.92 Å². The van der Waals surface area contributed by atoms with Gasteiger partial charge >= 0.3 is 5.00 Å². The average Bonchev–Trinajstić information content (AvgIpc) is 2.71. The van der Waals surface area contributed by atoms with E-state index < -0.39 is 0 Å². The Morgan fingerprint density at radius 2 is 2.17 bits per heavy atom. The van der Waals surface area contributed by atoms with Gasteiger partial charge in [0.15, 0.2) is 0 Å². The Bertz CT molecular complexity index is 444. The zero-order valence-electron chi connectivity index (χ0n) is 11.3. The second-order valence-corrected chi connectivity index (χ2v) is 6.29. The van der Waals surface area contributed by atoms with Crippen molar-refractivity contribution in [3.05, 3.63) is 32.7 Å². The number of hydrogen-bond acceptors (Lipinski definition) is 4. The lowest BCUT2D eigenvalue weighted by Gasteiger charge is -2.21. The van der Waals surface area contributed by atoms with E-state index in [1.54, 1.807) is 12.1 Å². The molecular weight excluding hydrogens is 248 g/mol. The maximum absolute atomic E-state index is 10.6. The van der Waals surface area contributed by atoms with Gasteiger partial charge in [-0.15, -0.1) is 0 Å². The fraction of sp³-hybridized carbons (Fsp3) is 0.538. The van der Waals surface area contributed by atoms with Crippen molar-refractivity contribution >= 4 is 22.4 Å². The topological polar surface area (TPSA) is 55.2 Å². The van der Waals surface area contributed by atoms with Crippen molar-refractivity contribution in [2.24, 2.45) is 0 Å². The molecule has 0 unspecified atom stereocenters. The number of rotatable bonds is 5. The molecular formula is C13H20N2O2S. The first-order valence-corrected chi connectivity index (χ1v) is 6.82. The summed E-state index contributed by atoms with van der Waals surface area (Å²) >= 11 is 1.21. The third-order valence-electron chi connectivity index (χ3n) is 2.44. The molecule has 0 radical (unpaired) electrons. The number of hydrogen-bond donors (Lipinski definition) is 1. The van der Waals surface area contributed by atoms with Gasteiger partial charge < -0.3 is 5.32 Å². The molecule has 1 aromatic heterocycles.